The van der Waals surface area contributed by atoms with E-state index in [4.69, 9.17) is 0 Å². The summed E-state index contributed by atoms with van der Waals surface area (Å²) in [4.78, 5) is 8.58. The summed E-state index contributed by atoms with van der Waals surface area (Å²) < 4.78 is 0. The van der Waals surface area contributed by atoms with Crippen molar-refractivity contribution < 1.29 is 34.4 Å². The molecule has 1 nitrogen and oxygen atoms in total. The summed E-state index contributed by atoms with van der Waals surface area (Å²) in [5.41, 5.74) is 0. The zero-order chi connectivity index (χ0) is 4.50. The van der Waals surface area contributed by atoms with E-state index in [0.29, 0.717) is 0 Å². The zero-order valence-corrected chi connectivity index (χ0v) is 9.91. The molecule has 0 aliphatic carbocycles. The molecule has 0 rings (SSSR count). The van der Waals surface area contributed by atoms with Crippen LogP contribution in [0.3, 0.4) is 0 Å². The molecule has 0 atom stereocenters. The fourth-order valence-corrected chi connectivity index (χ4v) is 0. The largest absolute Gasteiger partial charge is 1.00 e. The first-order chi connectivity index (χ1) is 2.00. The molecule has 0 saturated carbocycles. The third-order valence-corrected chi connectivity index (χ3v) is 0. The molecule has 0 amide bonds. The molecule has 0 heterocycles. The maximum Gasteiger partial charge on any atom is 1.00 e. The van der Waals surface area contributed by atoms with Crippen molar-refractivity contribution in [2.24, 2.45) is 0 Å². The minimum atomic E-state index is -1.72. The average molecular weight is 120 g/mol. The van der Waals surface area contributed by atoms with Crippen molar-refractivity contribution in [3.8, 4) is 0 Å². The predicted octanol–water partition coefficient (Wildman–Crippen LogP) is -3.78. The Morgan fingerprint density at radius 2 is 1.50 bits per heavy atom. The molecule has 0 N–H and O–H groups in total. The standard InChI is InChI=1S/C2H6OSi.2Na/c1-4(2)3;;/h1-2H3;;/q-1;;+1. The van der Waals surface area contributed by atoms with Crippen molar-refractivity contribution in [2.45, 2.75) is 13.1 Å². The Morgan fingerprint density at radius 1 is 1.50 bits per heavy atom. The van der Waals surface area contributed by atoms with E-state index in [0.717, 1.165) is 27.0 Å². The summed E-state index contributed by atoms with van der Waals surface area (Å²) in [7, 11) is 0. The van der Waals surface area contributed by atoms with Gasteiger partial charge < -0.3 is 0 Å². The third-order valence-electron chi connectivity index (χ3n) is 0. The summed E-state index contributed by atoms with van der Waals surface area (Å²) in [5, 5.41) is 0. The van der Waals surface area contributed by atoms with Crippen LogP contribution in [0.1, 0.15) is 0 Å². The fraction of sp³-hybridized carbons (Fsp3) is 1.00. The molecule has 0 radical (unpaired) electrons. The number of rotatable bonds is 0. The van der Waals surface area contributed by atoms with Crippen LogP contribution in [0.4, 0.5) is 0 Å². The van der Waals surface area contributed by atoms with Crippen LogP contribution in [0.15, 0.2) is 0 Å². The van der Waals surface area contributed by atoms with Gasteiger partial charge in [0, 0.05) is 0 Å². The van der Waals surface area contributed by atoms with E-state index in [9.17, 15) is 4.80 Å². The van der Waals surface area contributed by atoms with Gasteiger partial charge >= 0.3 is 79.3 Å². The van der Waals surface area contributed by atoms with Crippen LogP contribution < -0.4 is 34.4 Å². The first kappa shape index (κ1) is 11.0. The van der Waals surface area contributed by atoms with Crippen LogP contribution in [0.25, 0.3) is 0 Å². The fourth-order valence-electron chi connectivity index (χ4n) is 0. The second-order valence-corrected chi connectivity index (χ2v) is 13.6. The van der Waals surface area contributed by atoms with E-state index in [1.807, 2.05) is 13.1 Å². The molecule has 0 aliphatic heterocycles. The van der Waals surface area contributed by atoms with Gasteiger partial charge in [-0.05, 0) is 0 Å². The Kier molecular flexibility index (Phi) is 7.53. The molecular formula is C2H6Na2OSi. The molecule has 0 unspecified atom stereocenters. The molecule has 26 valence electrons. The topological polar surface area (TPSA) is 23.1 Å². The van der Waals surface area contributed by atoms with Crippen LogP contribution >= 0.6 is 0 Å². The van der Waals surface area contributed by atoms with E-state index in [1.165, 1.54) is 0 Å². The van der Waals surface area contributed by atoms with Crippen LogP contribution in [0.5, 0.6) is 0 Å². The summed E-state index contributed by atoms with van der Waals surface area (Å²) in [6.07, 6.45) is 0. The third kappa shape index (κ3) is 34.9. The van der Waals surface area contributed by atoms with E-state index >= 15 is 0 Å². The molecule has 4 heteroatoms. The smallest absolute Gasteiger partial charge is 1.00 e. The molecule has 0 aromatic carbocycles. The Hall–Kier alpha value is 2.18. The van der Waals surface area contributed by atoms with Gasteiger partial charge in [0.15, 0.2) is 0 Å². The van der Waals surface area contributed by atoms with Crippen molar-refractivity contribution in [2.75, 3.05) is 0 Å². The molecule has 0 aliphatic rings. The second-order valence-electron chi connectivity index (χ2n) is 2.11. The maximum atomic E-state index is 10.3. The summed E-state index contributed by atoms with van der Waals surface area (Å²) in [6.45, 7) is 3.67. The summed E-state index contributed by atoms with van der Waals surface area (Å²) in [5.74, 6) is 0. The predicted molar refractivity (Wildman–Crippen MR) is 23.2 cm³/mol. The minimum absolute atomic E-state index is 0. The van der Waals surface area contributed by atoms with Crippen molar-refractivity contribution in [1.29, 1.82) is 0 Å². The van der Waals surface area contributed by atoms with Crippen LogP contribution in [0, 0.1) is 0 Å². The SMILES string of the molecule is C[Si](C)([O-])[Na].[Na+]. The van der Waals surface area contributed by atoms with E-state index < -0.39 is 4.88 Å². The van der Waals surface area contributed by atoms with E-state index in [1.54, 1.807) is 0 Å². The Morgan fingerprint density at radius 3 is 1.50 bits per heavy atom. The van der Waals surface area contributed by atoms with Gasteiger partial charge in [-0.25, -0.2) is 0 Å². The number of hydrogen-bond donors (Lipinski definition) is 0. The van der Waals surface area contributed by atoms with Crippen molar-refractivity contribution in [3.63, 3.8) is 0 Å². The Bertz CT molecular complexity index is 27.0. The van der Waals surface area contributed by atoms with Gasteiger partial charge in [-0.15, -0.1) is 0 Å². The second kappa shape index (κ2) is 4.10. The molecule has 0 saturated heterocycles. The molecule has 6 heavy (non-hydrogen) atoms. The molecule has 0 spiro atoms. The van der Waals surface area contributed by atoms with Crippen LogP contribution in [-0.4, -0.2) is 31.9 Å². The average Bonchev–Trinajstić information content (AvgIpc) is 0.722. The van der Waals surface area contributed by atoms with Crippen LogP contribution in [-0.2, 0) is 0 Å². The summed E-state index contributed by atoms with van der Waals surface area (Å²) in [6, 6.07) is 0. The first-order valence-corrected chi connectivity index (χ1v) is 8.11. The molecule has 0 bridgehead atoms. The monoisotopic (exact) mass is 120 g/mol. The molecule has 0 aromatic rings. The quantitative estimate of drug-likeness (QED) is 0.301. The zero-order valence-electron chi connectivity index (χ0n) is 4.91. The van der Waals surface area contributed by atoms with E-state index in [2.05, 4.69) is 0 Å². The molecular weight excluding hydrogens is 114 g/mol. The van der Waals surface area contributed by atoms with E-state index in [-0.39, 0.29) is 29.6 Å². The molecule has 0 fully saturated rings. The Balaban J connectivity index is 0. The van der Waals surface area contributed by atoms with Gasteiger partial charge in [0.25, 0.3) is 0 Å². The van der Waals surface area contributed by atoms with Gasteiger partial charge in [-0.2, -0.15) is 0 Å². The number of hydrogen-bond acceptors (Lipinski definition) is 1. The minimum Gasteiger partial charge on any atom is 1.00 e. The summed E-state index contributed by atoms with van der Waals surface area (Å²) >= 11 is 0.891. The van der Waals surface area contributed by atoms with Gasteiger partial charge in [-0.1, -0.05) is 0 Å². The Labute approximate surface area is 78.1 Å². The first-order valence-electron chi connectivity index (χ1n) is 1.70. The van der Waals surface area contributed by atoms with Gasteiger partial charge in [0.05, 0.1) is 0 Å². The van der Waals surface area contributed by atoms with Gasteiger partial charge in [0.2, 0.25) is 0 Å². The molecule has 0 aromatic heterocycles. The van der Waals surface area contributed by atoms with Crippen molar-refractivity contribution in [3.05, 3.63) is 0 Å². The van der Waals surface area contributed by atoms with Crippen molar-refractivity contribution in [1.82, 2.24) is 0 Å². The maximum absolute atomic E-state index is 10.3. The van der Waals surface area contributed by atoms with Gasteiger partial charge in [-0.3, -0.25) is 0 Å². The normalized spacial score (nSPS) is 10.2. The van der Waals surface area contributed by atoms with Crippen LogP contribution in [0.2, 0.25) is 13.1 Å². The van der Waals surface area contributed by atoms with Crippen molar-refractivity contribution >= 4 is 31.9 Å². The van der Waals surface area contributed by atoms with Gasteiger partial charge in [0.1, 0.15) is 0 Å².